The molecule has 0 aliphatic carbocycles. The van der Waals surface area contributed by atoms with E-state index in [1.54, 1.807) is 18.2 Å². The molecule has 6 heteroatoms. The standard InChI is InChI=1S/C15H19N3O3/c19-14-10-21-13-9-11(5-6-12(13)17-14)16-15(20)18-7-3-1-2-4-8-18/h5-6,9H,1-4,7-8,10H2,(H,16,20)(H,17,19). The first-order valence-corrected chi connectivity index (χ1v) is 7.35. The summed E-state index contributed by atoms with van der Waals surface area (Å²) in [5.74, 6) is 0.423. The van der Waals surface area contributed by atoms with Gasteiger partial charge >= 0.3 is 6.03 Å². The third-order valence-corrected chi connectivity index (χ3v) is 3.76. The smallest absolute Gasteiger partial charge is 0.321 e. The Bertz CT molecular complexity index is 551. The van der Waals surface area contributed by atoms with Gasteiger partial charge in [0.25, 0.3) is 5.91 Å². The number of urea groups is 1. The van der Waals surface area contributed by atoms with E-state index in [1.165, 1.54) is 12.8 Å². The minimum atomic E-state index is -0.163. The molecule has 3 amide bonds. The minimum absolute atomic E-state index is 0.0104. The number of fused-ring (bicyclic) bond motifs is 1. The average Bonchev–Trinajstić information content (AvgIpc) is 2.76. The van der Waals surface area contributed by atoms with Gasteiger partial charge in [0.15, 0.2) is 6.61 Å². The van der Waals surface area contributed by atoms with E-state index in [0.29, 0.717) is 17.1 Å². The maximum Gasteiger partial charge on any atom is 0.321 e. The fourth-order valence-electron chi connectivity index (χ4n) is 2.63. The summed E-state index contributed by atoms with van der Waals surface area (Å²) in [7, 11) is 0. The first kappa shape index (κ1) is 13.7. The summed E-state index contributed by atoms with van der Waals surface area (Å²) in [6.45, 7) is 1.63. The fourth-order valence-corrected chi connectivity index (χ4v) is 2.63. The molecule has 21 heavy (non-hydrogen) atoms. The second kappa shape index (κ2) is 6.03. The van der Waals surface area contributed by atoms with Crippen LogP contribution in [0.5, 0.6) is 5.75 Å². The van der Waals surface area contributed by atoms with Crippen molar-refractivity contribution in [3.8, 4) is 5.75 Å². The Morgan fingerprint density at radius 1 is 1.19 bits per heavy atom. The summed E-state index contributed by atoms with van der Waals surface area (Å²) in [6.07, 6.45) is 4.51. The van der Waals surface area contributed by atoms with Crippen LogP contribution >= 0.6 is 0 Å². The molecule has 1 aromatic carbocycles. The Balaban J connectivity index is 1.67. The molecule has 1 fully saturated rings. The monoisotopic (exact) mass is 289 g/mol. The lowest BCUT2D eigenvalue weighted by molar-refractivity contribution is -0.118. The topological polar surface area (TPSA) is 70.7 Å². The van der Waals surface area contributed by atoms with Crippen molar-refractivity contribution in [1.82, 2.24) is 4.90 Å². The van der Waals surface area contributed by atoms with Crippen LogP contribution in [0.1, 0.15) is 25.7 Å². The Morgan fingerprint density at radius 2 is 1.95 bits per heavy atom. The van der Waals surface area contributed by atoms with Gasteiger partial charge in [-0.15, -0.1) is 0 Å². The lowest BCUT2D eigenvalue weighted by atomic mass is 10.2. The van der Waals surface area contributed by atoms with Gasteiger partial charge in [-0.1, -0.05) is 12.8 Å². The molecular formula is C15H19N3O3. The van der Waals surface area contributed by atoms with Gasteiger partial charge in [0.1, 0.15) is 5.75 Å². The molecule has 0 radical (unpaired) electrons. The van der Waals surface area contributed by atoms with Crippen LogP contribution < -0.4 is 15.4 Å². The van der Waals surface area contributed by atoms with E-state index in [2.05, 4.69) is 10.6 Å². The van der Waals surface area contributed by atoms with Gasteiger partial charge in [-0.25, -0.2) is 4.79 Å². The van der Waals surface area contributed by atoms with E-state index in [1.807, 2.05) is 4.90 Å². The quantitative estimate of drug-likeness (QED) is 0.834. The zero-order valence-electron chi connectivity index (χ0n) is 11.9. The molecule has 2 aliphatic heterocycles. The molecule has 1 aromatic rings. The summed E-state index contributed by atoms with van der Waals surface area (Å²) in [6, 6.07) is 5.18. The van der Waals surface area contributed by atoms with Gasteiger partial charge in [0.05, 0.1) is 5.69 Å². The predicted molar refractivity (Wildman–Crippen MR) is 79.6 cm³/mol. The highest BCUT2D eigenvalue weighted by Crippen LogP contribution is 2.30. The van der Waals surface area contributed by atoms with Crippen LogP contribution in [0.4, 0.5) is 16.2 Å². The molecule has 0 spiro atoms. The van der Waals surface area contributed by atoms with Crippen molar-refractivity contribution < 1.29 is 14.3 Å². The first-order chi connectivity index (χ1) is 10.2. The highest BCUT2D eigenvalue weighted by atomic mass is 16.5. The van der Waals surface area contributed by atoms with Crippen LogP contribution in [0.25, 0.3) is 0 Å². The molecule has 2 N–H and O–H groups in total. The number of nitrogens with zero attached hydrogens (tertiary/aromatic N) is 1. The van der Waals surface area contributed by atoms with Crippen LogP contribution in [0.2, 0.25) is 0 Å². The van der Waals surface area contributed by atoms with Crippen molar-refractivity contribution in [2.75, 3.05) is 30.3 Å². The van der Waals surface area contributed by atoms with Gasteiger partial charge in [0, 0.05) is 24.8 Å². The molecule has 112 valence electrons. The molecule has 0 atom stereocenters. The third kappa shape index (κ3) is 3.26. The Kier molecular flexibility index (Phi) is 3.94. The number of benzene rings is 1. The molecule has 0 unspecified atom stereocenters. The number of carbonyl (C=O) groups excluding carboxylic acids is 2. The highest BCUT2D eigenvalue weighted by Gasteiger charge is 2.18. The second-order valence-corrected chi connectivity index (χ2v) is 5.38. The van der Waals surface area contributed by atoms with Gasteiger partial charge in [-0.05, 0) is 25.0 Å². The first-order valence-electron chi connectivity index (χ1n) is 7.35. The molecule has 1 saturated heterocycles. The van der Waals surface area contributed by atoms with E-state index in [4.69, 9.17) is 4.74 Å². The second-order valence-electron chi connectivity index (χ2n) is 5.38. The Hall–Kier alpha value is -2.24. The van der Waals surface area contributed by atoms with Crippen LogP contribution in [-0.4, -0.2) is 36.5 Å². The van der Waals surface area contributed by atoms with Crippen LogP contribution in [0.3, 0.4) is 0 Å². The van der Waals surface area contributed by atoms with Crippen molar-refractivity contribution in [2.24, 2.45) is 0 Å². The van der Waals surface area contributed by atoms with Crippen molar-refractivity contribution >= 4 is 23.3 Å². The number of hydrogen-bond donors (Lipinski definition) is 2. The van der Waals surface area contributed by atoms with Crippen molar-refractivity contribution in [3.63, 3.8) is 0 Å². The number of nitrogens with one attached hydrogen (secondary N) is 2. The van der Waals surface area contributed by atoms with E-state index in [-0.39, 0.29) is 18.5 Å². The van der Waals surface area contributed by atoms with E-state index in [0.717, 1.165) is 25.9 Å². The molecule has 2 aliphatic rings. The Morgan fingerprint density at radius 3 is 2.71 bits per heavy atom. The summed E-state index contributed by atoms with van der Waals surface area (Å²) in [5, 5.41) is 5.62. The van der Waals surface area contributed by atoms with Gasteiger partial charge < -0.3 is 20.3 Å². The molecule has 0 saturated carbocycles. The number of amides is 3. The summed E-state index contributed by atoms with van der Waals surface area (Å²) in [4.78, 5) is 25.3. The van der Waals surface area contributed by atoms with Crippen molar-refractivity contribution in [3.05, 3.63) is 18.2 Å². The average molecular weight is 289 g/mol. The van der Waals surface area contributed by atoms with Crippen LogP contribution in [-0.2, 0) is 4.79 Å². The number of carbonyl (C=O) groups is 2. The molecular weight excluding hydrogens is 270 g/mol. The highest BCUT2D eigenvalue weighted by molar-refractivity contribution is 5.96. The maximum absolute atomic E-state index is 12.2. The lowest BCUT2D eigenvalue weighted by Crippen LogP contribution is -2.35. The van der Waals surface area contributed by atoms with E-state index in [9.17, 15) is 9.59 Å². The third-order valence-electron chi connectivity index (χ3n) is 3.76. The Labute approximate surface area is 123 Å². The van der Waals surface area contributed by atoms with E-state index < -0.39 is 0 Å². The van der Waals surface area contributed by atoms with Crippen molar-refractivity contribution in [1.29, 1.82) is 0 Å². The molecule has 0 aromatic heterocycles. The van der Waals surface area contributed by atoms with E-state index >= 15 is 0 Å². The predicted octanol–water partition coefficient (Wildman–Crippen LogP) is 2.43. The zero-order valence-corrected chi connectivity index (χ0v) is 11.9. The molecule has 6 nitrogen and oxygen atoms in total. The van der Waals surface area contributed by atoms with Gasteiger partial charge in [-0.2, -0.15) is 0 Å². The normalized spacial score (nSPS) is 18.1. The minimum Gasteiger partial charge on any atom is -0.482 e. The number of anilines is 2. The SMILES string of the molecule is O=C1COc2cc(NC(=O)N3CCCCCC3)ccc2N1. The van der Waals surface area contributed by atoms with Gasteiger partial charge in [-0.3, -0.25) is 4.79 Å². The van der Waals surface area contributed by atoms with Crippen LogP contribution in [0, 0.1) is 0 Å². The number of likely N-dealkylation sites (tertiary alicyclic amines) is 1. The summed E-state index contributed by atoms with van der Waals surface area (Å²) < 4.78 is 5.35. The van der Waals surface area contributed by atoms with Gasteiger partial charge in [0.2, 0.25) is 0 Å². The zero-order chi connectivity index (χ0) is 14.7. The molecule has 3 rings (SSSR count). The largest absolute Gasteiger partial charge is 0.482 e. The lowest BCUT2D eigenvalue weighted by Gasteiger charge is -2.22. The number of hydrogen-bond acceptors (Lipinski definition) is 3. The number of ether oxygens (including phenoxy) is 1. The molecule has 2 heterocycles. The van der Waals surface area contributed by atoms with Crippen molar-refractivity contribution in [2.45, 2.75) is 25.7 Å². The summed E-state index contributed by atoms with van der Waals surface area (Å²) >= 11 is 0. The number of rotatable bonds is 1. The summed E-state index contributed by atoms with van der Waals surface area (Å²) in [5.41, 5.74) is 1.32. The maximum atomic E-state index is 12.2. The van der Waals surface area contributed by atoms with Crippen LogP contribution in [0.15, 0.2) is 18.2 Å². The fraction of sp³-hybridized carbons (Fsp3) is 0.467. The molecule has 0 bridgehead atoms.